The molecule has 0 N–H and O–H groups in total. The predicted molar refractivity (Wildman–Crippen MR) is 607 cm³/mol. The average Bonchev–Trinajstić information content (AvgIpc) is 0.705. The van der Waals surface area contributed by atoms with Crippen LogP contribution < -0.4 is 14.2 Å². The van der Waals surface area contributed by atoms with Crippen LogP contribution in [0.1, 0.15) is 5.56 Å². The number of hydrogen-bond acceptors (Lipinski definition) is 5. The Kier molecular flexibility index (Phi) is 19.1. The number of pyridine rings is 1. The Labute approximate surface area is 835 Å². The van der Waals surface area contributed by atoms with E-state index in [-0.39, 0.29) is 0 Å². The number of ether oxygens (including phenoxy) is 3. The molecule has 3 aliphatic heterocycles. The third-order valence-electron chi connectivity index (χ3n) is 30.4. The zero-order valence-corrected chi connectivity index (χ0v) is 78.5. The van der Waals surface area contributed by atoms with Gasteiger partial charge in [-0.15, -0.1) is 0 Å². The fourth-order valence-corrected chi connectivity index (χ4v) is 24.4. The molecule has 5 nitrogen and oxygen atoms in total. The average molecular weight is 1840 g/mol. The van der Waals surface area contributed by atoms with Crippen LogP contribution in [-0.2, 0) is 0 Å². The van der Waals surface area contributed by atoms with Gasteiger partial charge in [-0.2, -0.15) is 5.26 Å². The summed E-state index contributed by atoms with van der Waals surface area (Å²) in [6.45, 7) is 0. The van der Waals surface area contributed by atoms with Crippen LogP contribution in [0.15, 0.2) is 498 Å². The van der Waals surface area contributed by atoms with Crippen molar-refractivity contribution in [2.45, 2.75) is 0 Å². The summed E-state index contributed by atoms with van der Waals surface area (Å²) in [5.74, 6) is 5.23. The second-order valence-electron chi connectivity index (χ2n) is 38.0. The number of nitrogens with zero attached hydrogens (tertiary/aromatic N) is 2. The van der Waals surface area contributed by atoms with E-state index in [1.165, 1.54) is 224 Å². The van der Waals surface area contributed by atoms with Gasteiger partial charge in [0.05, 0.1) is 17.3 Å². The van der Waals surface area contributed by atoms with Gasteiger partial charge in [0.15, 0.2) is 0 Å². The summed E-state index contributed by atoms with van der Waals surface area (Å²) >= 11 is 0. The highest BCUT2D eigenvalue weighted by molar-refractivity contribution is 6.34. The molecule has 31 rings (SSSR count). The Bertz CT molecular complexity index is 10200. The molecule has 3 aliphatic rings. The molecule has 0 amide bonds. The van der Waals surface area contributed by atoms with Crippen molar-refractivity contribution >= 4 is 151 Å². The van der Waals surface area contributed by atoms with Crippen LogP contribution in [-0.4, -0.2) is 4.98 Å². The van der Waals surface area contributed by atoms with E-state index >= 15 is 0 Å². The van der Waals surface area contributed by atoms with E-state index < -0.39 is 0 Å². The first kappa shape index (κ1) is 82.7. The van der Waals surface area contributed by atoms with E-state index in [1.54, 1.807) is 0 Å². The number of fused-ring (bicyclic) bond motifs is 17. The van der Waals surface area contributed by atoms with Gasteiger partial charge in [0, 0.05) is 50.0 Å². The van der Waals surface area contributed by atoms with Gasteiger partial charge in [-0.1, -0.05) is 425 Å². The van der Waals surface area contributed by atoms with E-state index in [0.717, 1.165) is 84.2 Å². The van der Waals surface area contributed by atoms with Crippen molar-refractivity contribution in [3.63, 3.8) is 0 Å². The zero-order chi connectivity index (χ0) is 95.4. The van der Waals surface area contributed by atoms with E-state index in [2.05, 4.69) is 455 Å². The monoisotopic (exact) mass is 1840 g/mol. The summed E-state index contributed by atoms with van der Waals surface area (Å²) in [4.78, 5) is 4.85. The lowest BCUT2D eigenvalue weighted by Gasteiger charge is -2.24. The van der Waals surface area contributed by atoms with Crippen LogP contribution in [0.3, 0.4) is 0 Å². The highest BCUT2D eigenvalue weighted by Gasteiger charge is 2.32. The van der Waals surface area contributed by atoms with Crippen LogP contribution in [0.25, 0.3) is 273 Å². The van der Waals surface area contributed by atoms with Crippen molar-refractivity contribution in [2.75, 3.05) is 0 Å². The summed E-state index contributed by atoms with van der Waals surface area (Å²) in [5.41, 5.74) is 26.9. The fraction of sp³-hybridized carbons (Fsp3) is 0. The molecule has 0 spiro atoms. The first-order valence-electron chi connectivity index (χ1n) is 49.6. The van der Waals surface area contributed by atoms with Gasteiger partial charge < -0.3 is 14.2 Å². The lowest BCUT2D eigenvalue weighted by atomic mass is 9.80. The van der Waals surface area contributed by atoms with Gasteiger partial charge in [0.25, 0.3) is 0 Å². The molecule has 0 radical (unpaired) electrons. The Hall–Kier alpha value is -19.4. The van der Waals surface area contributed by atoms with E-state index in [4.69, 9.17) is 19.2 Å². The van der Waals surface area contributed by atoms with Crippen LogP contribution in [0.2, 0.25) is 0 Å². The predicted octanol–water partition coefficient (Wildman–Crippen LogP) is 39.1. The SMILES string of the molecule is N#Cc1ccc2c3c(cccc13)-c1ccc(-c3c4ccccc4c(-c4ccc(-c5ccccc5)c5ccccc45)c4ccccc34)cc1O2.c1ccc(-c2c3ccccc3c(-c3c4ccccc4c(-c4ccc5c6c(cccc46)Oc4ccccc4-5)c4ccccc34)c3ccccc23)nc1.c1ccc2c(c1)Oc1cccc3c(-c4c5ccccc5c(-c5c6ccccc6cc6ccccc56)c5ccccc45)ccc-2c13. The van der Waals surface area contributed by atoms with Gasteiger partial charge in [0.1, 0.15) is 34.5 Å². The number of hydrogen-bond donors (Lipinski definition) is 0. The van der Waals surface area contributed by atoms with Crippen molar-refractivity contribution in [1.29, 1.82) is 5.26 Å². The molecule has 0 atom stereocenters. The smallest absolute Gasteiger partial charge is 0.136 e. The molecular formula is C140H82N2O3. The summed E-state index contributed by atoms with van der Waals surface area (Å²) < 4.78 is 19.6. The van der Waals surface area contributed by atoms with Gasteiger partial charge in [-0.3, -0.25) is 4.98 Å². The summed E-state index contributed by atoms with van der Waals surface area (Å²) in [7, 11) is 0. The molecule has 0 bridgehead atoms. The molecule has 4 heterocycles. The number of rotatable bonds is 8. The minimum absolute atomic E-state index is 0.657. The molecular weight excluding hydrogens is 1760 g/mol. The Morgan fingerprint density at radius 3 is 0.897 bits per heavy atom. The molecule has 0 aliphatic carbocycles. The van der Waals surface area contributed by atoms with Gasteiger partial charge >= 0.3 is 0 Å². The second kappa shape index (κ2) is 33.4. The molecule has 28 aromatic rings. The lowest BCUT2D eigenvalue weighted by Crippen LogP contribution is -1.99. The Morgan fingerprint density at radius 1 is 0.159 bits per heavy atom. The molecule has 145 heavy (non-hydrogen) atoms. The minimum atomic E-state index is 0.657. The van der Waals surface area contributed by atoms with E-state index in [9.17, 15) is 5.26 Å². The van der Waals surface area contributed by atoms with Gasteiger partial charge in [0.2, 0.25) is 0 Å². The van der Waals surface area contributed by atoms with Crippen molar-refractivity contribution in [1.82, 2.24) is 4.98 Å². The maximum atomic E-state index is 9.75. The third kappa shape index (κ3) is 12.9. The van der Waals surface area contributed by atoms with Crippen LogP contribution >= 0.6 is 0 Å². The summed E-state index contributed by atoms with van der Waals surface area (Å²) in [5, 5.41) is 43.5. The quantitative estimate of drug-likeness (QED) is 0.142. The number of para-hydroxylation sites is 2. The standard InChI is InChI=1S/C49H29NO.C47H27NO.C44H26O/c1-5-19-36-31(15-1)45(41-28-27-40-30-14-9-10-25-43(30)51-44-26-13-23-35(41)47(40)44)32-16-2-6-20-37(32)48(36)49-38-21-7-3-17-33(38)46(42-24-11-12-29-50-42)34-18-4-8-22-39(34)49;48-28-31-22-26-43-47-33(31)19-10-20-37(47)36-23-21-30(27-44(36)49-43)45-38-15-6-8-17-40(38)46(41-18-9-7-16-39(41)45)42-25-24-32(29-11-2-1-3-12-29)34-13-4-5-14-35(34)42;1-3-14-29-27(12-1)26-28-13-2-4-15-30(28)43(29)44-35-19-7-5-17-32(35)41(33-18-6-8-20-36(33)44)38-25-24-37-31-16-9-10-22-39(31)45-40-23-11-21-34(38)42(37)40/h1-29H;1-27H;1-26H. The molecule has 5 heteroatoms. The molecule has 27 aromatic carbocycles. The minimum Gasteiger partial charge on any atom is -0.456 e. The zero-order valence-electron chi connectivity index (χ0n) is 78.5. The maximum Gasteiger partial charge on any atom is 0.136 e. The third-order valence-corrected chi connectivity index (χ3v) is 30.4. The van der Waals surface area contributed by atoms with Crippen LogP contribution in [0, 0.1) is 11.3 Å². The molecule has 0 fully saturated rings. The number of nitriles is 1. The molecule has 670 valence electrons. The van der Waals surface area contributed by atoms with Crippen LogP contribution in [0.5, 0.6) is 34.5 Å². The number of aromatic nitrogens is 1. The van der Waals surface area contributed by atoms with Gasteiger partial charge in [-0.05, 0) is 291 Å². The molecule has 0 unspecified atom stereocenters. The maximum absolute atomic E-state index is 9.75. The van der Waals surface area contributed by atoms with Crippen molar-refractivity contribution in [3.05, 3.63) is 503 Å². The fourth-order valence-electron chi connectivity index (χ4n) is 24.4. The van der Waals surface area contributed by atoms with Crippen LogP contribution in [0.4, 0.5) is 0 Å². The highest BCUT2D eigenvalue weighted by atomic mass is 16.5. The Balaban J connectivity index is 0.000000103. The van der Waals surface area contributed by atoms with E-state index in [0.29, 0.717) is 5.56 Å². The first-order valence-corrected chi connectivity index (χ1v) is 49.6. The highest BCUT2D eigenvalue weighted by Crippen LogP contribution is 2.59. The van der Waals surface area contributed by atoms with Crippen molar-refractivity contribution < 1.29 is 14.2 Å². The lowest BCUT2D eigenvalue weighted by molar-refractivity contribution is 0.487. The summed E-state index contributed by atoms with van der Waals surface area (Å²) in [6.07, 6.45) is 1.89. The van der Waals surface area contributed by atoms with Gasteiger partial charge in [-0.25, -0.2) is 0 Å². The number of benzene rings is 27. The van der Waals surface area contributed by atoms with Crippen molar-refractivity contribution in [2.24, 2.45) is 0 Å². The first-order chi connectivity index (χ1) is 72.0. The normalized spacial score (nSPS) is 12.0. The van der Waals surface area contributed by atoms with E-state index in [1.807, 2.05) is 48.7 Å². The molecule has 0 saturated heterocycles. The topological polar surface area (TPSA) is 64.4 Å². The second-order valence-corrected chi connectivity index (χ2v) is 38.0. The largest absolute Gasteiger partial charge is 0.456 e. The molecule has 1 aromatic heterocycles. The summed E-state index contributed by atoms with van der Waals surface area (Å²) in [6, 6.07) is 179. The molecule has 0 saturated carbocycles. The Morgan fingerprint density at radius 2 is 0.448 bits per heavy atom. The van der Waals surface area contributed by atoms with Crippen molar-refractivity contribution in [3.8, 4) is 163 Å².